The Hall–Kier alpha value is -1.18. The molecule has 1 aliphatic carbocycles. The molecule has 2 aromatic rings. The normalized spacial score (nSPS) is 17.3. The van der Waals surface area contributed by atoms with Crippen LogP contribution in [-0.2, 0) is 6.42 Å². The van der Waals surface area contributed by atoms with Gasteiger partial charge in [-0.1, -0.05) is 47.0 Å². The van der Waals surface area contributed by atoms with E-state index in [2.05, 4.69) is 30.4 Å². The second-order valence-corrected chi connectivity index (χ2v) is 5.88. The van der Waals surface area contributed by atoms with Crippen LogP contribution < -0.4 is 5.32 Å². The molecule has 0 amide bonds. The summed E-state index contributed by atoms with van der Waals surface area (Å²) in [6, 6.07) is 12.8. The fraction of sp³-hybridized carbons (Fsp3) is 0.250. The fourth-order valence-electron chi connectivity index (χ4n) is 2.66. The van der Waals surface area contributed by atoms with Crippen molar-refractivity contribution in [1.29, 1.82) is 0 Å². The Morgan fingerprint density at radius 2 is 1.89 bits per heavy atom. The molecule has 3 rings (SSSR count). The first-order valence-electron chi connectivity index (χ1n) is 6.44. The van der Waals surface area contributed by atoms with Crippen LogP contribution in [0.15, 0.2) is 36.4 Å². The minimum atomic E-state index is 0.368. The van der Waals surface area contributed by atoms with Gasteiger partial charge in [0, 0.05) is 5.69 Å². The maximum Gasteiger partial charge on any atom is 0.0612 e. The molecule has 0 heterocycles. The molecule has 0 bridgehead atoms. The molecule has 0 spiro atoms. The number of fused-ring (bicyclic) bond motifs is 1. The third-order valence-electron chi connectivity index (χ3n) is 3.64. The van der Waals surface area contributed by atoms with E-state index in [9.17, 15) is 0 Å². The molecular formula is C16H15Cl2N. The fourth-order valence-corrected chi connectivity index (χ4v) is 2.96. The zero-order chi connectivity index (χ0) is 13.4. The molecule has 3 heteroatoms. The summed E-state index contributed by atoms with van der Waals surface area (Å²) in [7, 11) is 0. The van der Waals surface area contributed by atoms with Crippen LogP contribution in [0, 0.1) is 6.92 Å². The minimum absolute atomic E-state index is 0.368. The molecule has 98 valence electrons. The highest BCUT2D eigenvalue weighted by atomic mass is 35.5. The maximum atomic E-state index is 6.05. The molecule has 1 nitrogen and oxygen atoms in total. The molecule has 1 atom stereocenters. The van der Waals surface area contributed by atoms with Gasteiger partial charge in [-0.15, -0.1) is 0 Å². The van der Waals surface area contributed by atoms with Crippen molar-refractivity contribution >= 4 is 28.9 Å². The van der Waals surface area contributed by atoms with Crippen molar-refractivity contribution < 1.29 is 0 Å². The van der Waals surface area contributed by atoms with E-state index < -0.39 is 0 Å². The first-order chi connectivity index (χ1) is 9.13. The van der Waals surface area contributed by atoms with E-state index in [0.29, 0.717) is 16.1 Å². The monoisotopic (exact) mass is 291 g/mol. The summed E-state index contributed by atoms with van der Waals surface area (Å²) in [6.07, 6.45) is 2.26. The Morgan fingerprint density at radius 3 is 2.68 bits per heavy atom. The largest absolute Gasteiger partial charge is 0.378 e. The summed E-state index contributed by atoms with van der Waals surface area (Å²) in [5.41, 5.74) is 5.18. The number of nitrogens with one attached hydrogen (secondary N) is 1. The quantitative estimate of drug-likeness (QED) is 0.781. The second kappa shape index (κ2) is 5.07. The molecular weight excluding hydrogens is 277 g/mol. The van der Waals surface area contributed by atoms with Gasteiger partial charge in [0.1, 0.15) is 0 Å². The van der Waals surface area contributed by atoms with Gasteiger partial charge in [-0.3, -0.25) is 0 Å². The molecule has 1 N–H and O–H groups in total. The van der Waals surface area contributed by atoms with E-state index in [1.807, 2.05) is 18.2 Å². The number of rotatable bonds is 2. The van der Waals surface area contributed by atoms with E-state index in [-0.39, 0.29) is 0 Å². The number of aryl methyl sites for hydroxylation is 2. The molecule has 2 aromatic carbocycles. The Bertz CT molecular complexity index is 622. The van der Waals surface area contributed by atoms with Gasteiger partial charge in [0.25, 0.3) is 0 Å². The predicted octanol–water partition coefficient (Wildman–Crippen LogP) is 5.40. The van der Waals surface area contributed by atoms with Crippen LogP contribution in [0.2, 0.25) is 10.0 Å². The number of benzene rings is 2. The van der Waals surface area contributed by atoms with Crippen molar-refractivity contribution in [2.45, 2.75) is 25.8 Å². The molecule has 0 radical (unpaired) electrons. The van der Waals surface area contributed by atoms with Crippen LogP contribution in [0.3, 0.4) is 0 Å². The van der Waals surface area contributed by atoms with Crippen LogP contribution in [0.1, 0.15) is 29.2 Å². The predicted molar refractivity (Wildman–Crippen MR) is 82.3 cm³/mol. The van der Waals surface area contributed by atoms with Gasteiger partial charge in [0.2, 0.25) is 0 Å². The van der Waals surface area contributed by atoms with Gasteiger partial charge in [-0.25, -0.2) is 0 Å². The zero-order valence-corrected chi connectivity index (χ0v) is 12.2. The molecule has 0 aromatic heterocycles. The minimum Gasteiger partial charge on any atom is -0.378 e. The third kappa shape index (κ3) is 2.58. The Morgan fingerprint density at radius 1 is 1.05 bits per heavy atom. The van der Waals surface area contributed by atoms with Crippen LogP contribution in [-0.4, -0.2) is 0 Å². The summed E-state index contributed by atoms with van der Waals surface area (Å²) in [6.45, 7) is 2.13. The van der Waals surface area contributed by atoms with Crippen molar-refractivity contribution in [1.82, 2.24) is 0 Å². The Labute approximate surface area is 123 Å². The van der Waals surface area contributed by atoms with Crippen molar-refractivity contribution in [2.24, 2.45) is 0 Å². The molecule has 1 aliphatic rings. The van der Waals surface area contributed by atoms with E-state index in [0.717, 1.165) is 18.5 Å². The lowest BCUT2D eigenvalue weighted by Gasteiger charge is -2.16. The Kier molecular flexibility index (Phi) is 3.42. The van der Waals surface area contributed by atoms with E-state index in [1.54, 1.807) is 0 Å². The molecule has 0 saturated carbocycles. The number of hydrogen-bond donors (Lipinski definition) is 1. The van der Waals surface area contributed by atoms with E-state index >= 15 is 0 Å². The van der Waals surface area contributed by atoms with Crippen molar-refractivity contribution in [2.75, 3.05) is 5.32 Å². The van der Waals surface area contributed by atoms with Gasteiger partial charge >= 0.3 is 0 Å². The number of halogens is 2. The first kappa shape index (κ1) is 12.8. The lowest BCUT2D eigenvalue weighted by atomic mass is 10.0. The lowest BCUT2D eigenvalue weighted by Crippen LogP contribution is -2.07. The Balaban J connectivity index is 1.86. The van der Waals surface area contributed by atoms with Crippen molar-refractivity contribution in [3.63, 3.8) is 0 Å². The topological polar surface area (TPSA) is 12.0 Å². The average Bonchev–Trinajstić information content (AvgIpc) is 2.77. The maximum absolute atomic E-state index is 6.05. The zero-order valence-electron chi connectivity index (χ0n) is 10.7. The standard InChI is InChI=1S/C16H15Cl2N/c1-10-2-3-11-4-7-16(13(11)8-10)19-12-5-6-14(17)15(18)9-12/h2-3,5-6,8-9,16,19H,4,7H2,1H3. The van der Waals surface area contributed by atoms with Crippen LogP contribution in [0.25, 0.3) is 0 Å². The highest BCUT2D eigenvalue weighted by Crippen LogP contribution is 2.35. The molecule has 1 unspecified atom stereocenters. The van der Waals surface area contributed by atoms with Crippen LogP contribution in [0.5, 0.6) is 0 Å². The summed E-state index contributed by atoms with van der Waals surface area (Å²) in [5, 5.41) is 4.73. The smallest absolute Gasteiger partial charge is 0.0612 e. The SMILES string of the molecule is Cc1ccc2c(c1)C(Nc1ccc(Cl)c(Cl)c1)CC2. The van der Waals surface area contributed by atoms with Gasteiger partial charge in [-0.2, -0.15) is 0 Å². The van der Waals surface area contributed by atoms with Crippen LogP contribution >= 0.6 is 23.2 Å². The number of hydrogen-bond acceptors (Lipinski definition) is 1. The summed E-state index contributed by atoms with van der Waals surface area (Å²) in [4.78, 5) is 0. The summed E-state index contributed by atoms with van der Waals surface area (Å²) < 4.78 is 0. The van der Waals surface area contributed by atoms with Crippen molar-refractivity contribution in [3.8, 4) is 0 Å². The van der Waals surface area contributed by atoms with Gasteiger partial charge < -0.3 is 5.32 Å². The van der Waals surface area contributed by atoms with E-state index in [4.69, 9.17) is 23.2 Å². The summed E-state index contributed by atoms with van der Waals surface area (Å²) in [5.74, 6) is 0. The highest BCUT2D eigenvalue weighted by molar-refractivity contribution is 6.42. The summed E-state index contributed by atoms with van der Waals surface area (Å²) >= 11 is 12.0. The average molecular weight is 292 g/mol. The van der Waals surface area contributed by atoms with Gasteiger partial charge in [0.15, 0.2) is 0 Å². The molecule has 0 saturated heterocycles. The first-order valence-corrected chi connectivity index (χ1v) is 7.20. The third-order valence-corrected chi connectivity index (χ3v) is 4.38. The second-order valence-electron chi connectivity index (χ2n) is 5.07. The van der Waals surface area contributed by atoms with Gasteiger partial charge in [-0.05, 0) is 49.1 Å². The molecule has 19 heavy (non-hydrogen) atoms. The molecule has 0 aliphatic heterocycles. The van der Waals surface area contributed by atoms with E-state index in [1.165, 1.54) is 16.7 Å². The highest BCUT2D eigenvalue weighted by Gasteiger charge is 2.22. The van der Waals surface area contributed by atoms with Gasteiger partial charge in [0.05, 0.1) is 16.1 Å². The number of anilines is 1. The molecule has 0 fully saturated rings. The van der Waals surface area contributed by atoms with Crippen molar-refractivity contribution in [3.05, 3.63) is 63.1 Å². The lowest BCUT2D eigenvalue weighted by molar-refractivity contribution is 0.762. The van der Waals surface area contributed by atoms with Crippen LogP contribution in [0.4, 0.5) is 5.69 Å².